The summed E-state index contributed by atoms with van der Waals surface area (Å²) in [7, 11) is 0. The molecule has 1 fully saturated rings. The number of carboxylic acids is 1. The summed E-state index contributed by atoms with van der Waals surface area (Å²) >= 11 is 1.28. The molecule has 0 unspecified atom stereocenters. The molecule has 0 amide bonds. The average Bonchev–Trinajstić information content (AvgIpc) is 3.15. The standard InChI is InChI=1S/C15H17N3O2S/c19-15(20)14-13(11-4-3-6-16-10-11)17-12(21-14)5-9-18-7-1-2-8-18/h3-4,6,10H,1-2,5,7-9H2,(H,19,20). The number of carbonyl (C=O) groups is 1. The fraction of sp³-hybridized carbons (Fsp3) is 0.400. The summed E-state index contributed by atoms with van der Waals surface area (Å²) in [5.74, 6) is -0.918. The van der Waals surface area contributed by atoms with Crippen LogP contribution in [0.5, 0.6) is 0 Å². The monoisotopic (exact) mass is 303 g/mol. The van der Waals surface area contributed by atoms with Crippen LogP contribution in [0.1, 0.15) is 27.5 Å². The van der Waals surface area contributed by atoms with Gasteiger partial charge in [-0.15, -0.1) is 11.3 Å². The Hall–Kier alpha value is -1.79. The molecule has 2 aromatic heterocycles. The molecule has 110 valence electrons. The fourth-order valence-electron chi connectivity index (χ4n) is 2.57. The number of pyridine rings is 1. The number of hydrogen-bond donors (Lipinski definition) is 1. The van der Waals surface area contributed by atoms with Crippen LogP contribution in [0.25, 0.3) is 11.3 Å². The Labute approximate surface area is 127 Å². The SMILES string of the molecule is O=C(O)c1sc(CCN2CCCC2)nc1-c1cccnc1. The number of carboxylic acid groups (broad SMARTS) is 1. The molecule has 3 rings (SSSR count). The van der Waals surface area contributed by atoms with Crippen molar-refractivity contribution < 1.29 is 9.90 Å². The van der Waals surface area contributed by atoms with E-state index in [0.29, 0.717) is 10.6 Å². The second-order valence-electron chi connectivity index (χ2n) is 5.13. The van der Waals surface area contributed by atoms with E-state index in [1.54, 1.807) is 18.5 Å². The molecule has 0 aliphatic carbocycles. The van der Waals surface area contributed by atoms with Crippen molar-refractivity contribution in [3.63, 3.8) is 0 Å². The van der Waals surface area contributed by atoms with Crippen LogP contribution >= 0.6 is 11.3 Å². The number of likely N-dealkylation sites (tertiary alicyclic amines) is 1. The highest BCUT2D eigenvalue weighted by Gasteiger charge is 2.19. The molecule has 1 N–H and O–H groups in total. The molecule has 0 saturated carbocycles. The van der Waals surface area contributed by atoms with Gasteiger partial charge >= 0.3 is 5.97 Å². The zero-order valence-corrected chi connectivity index (χ0v) is 12.5. The van der Waals surface area contributed by atoms with Gasteiger partial charge in [-0.05, 0) is 38.1 Å². The van der Waals surface area contributed by atoms with Gasteiger partial charge in [-0.25, -0.2) is 9.78 Å². The first kappa shape index (κ1) is 14.2. The third kappa shape index (κ3) is 3.28. The molecule has 5 nitrogen and oxygen atoms in total. The van der Waals surface area contributed by atoms with Crippen molar-refractivity contribution in [2.24, 2.45) is 0 Å². The van der Waals surface area contributed by atoms with Gasteiger partial charge in [-0.2, -0.15) is 0 Å². The maximum absolute atomic E-state index is 11.4. The molecule has 1 aliphatic rings. The third-order valence-electron chi connectivity index (χ3n) is 3.64. The van der Waals surface area contributed by atoms with E-state index in [9.17, 15) is 9.90 Å². The summed E-state index contributed by atoms with van der Waals surface area (Å²) in [6.45, 7) is 3.25. The fourth-order valence-corrected chi connectivity index (χ4v) is 3.49. The second-order valence-corrected chi connectivity index (χ2v) is 6.21. The minimum Gasteiger partial charge on any atom is -0.477 e. The van der Waals surface area contributed by atoms with Gasteiger partial charge in [0.2, 0.25) is 0 Å². The number of nitrogens with zero attached hydrogens (tertiary/aromatic N) is 3. The molecule has 1 aliphatic heterocycles. The summed E-state index contributed by atoms with van der Waals surface area (Å²) in [6.07, 6.45) is 6.67. The van der Waals surface area contributed by atoms with E-state index in [4.69, 9.17) is 0 Å². The minimum absolute atomic E-state index is 0.305. The van der Waals surface area contributed by atoms with Crippen molar-refractivity contribution >= 4 is 17.3 Å². The molecular formula is C15H17N3O2S. The Bertz CT molecular complexity index is 621. The Morgan fingerprint density at radius 1 is 1.38 bits per heavy atom. The van der Waals surface area contributed by atoms with E-state index in [0.717, 1.165) is 36.6 Å². The first-order valence-electron chi connectivity index (χ1n) is 7.10. The van der Waals surface area contributed by atoms with Gasteiger partial charge in [0, 0.05) is 30.9 Å². The Morgan fingerprint density at radius 2 is 2.19 bits per heavy atom. The van der Waals surface area contributed by atoms with Crippen LogP contribution in [-0.4, -0.2) is 45.6 Å². The van der Waals surface area contributed by atoms with Crippen molar-refractivity contribution in [1.29, 1.82) is 0 Å². The molecule has 3 heterocycles. The summed E-state index contributed by atoms with van der Waals surface area (Å²) in [5.41, 5.74) is 1.30. The lowest BCUT2D eigenvalue weighted by molar-refractivity contribution is 0.0702. The number of thiazole rings is 1. The van der Waals surface area contributed by atoms with Crippen molar-refractivity contribution in [2.75, 3.05) is 19.6 Å². The minimum atomic E-state index is -0.918. The van der Waals surface area contributed by atoms with Gasteiger partial charge in [-0.1, -0.05) is 0 Å². The van der Waals surface area contributed by atoms with Gasteiger partial charge in [0.15, 0.2) is 0 Å². The molecule has 0 bridgehead atoms. The summed E-state index contributed by atoms with van der Waals surface area (Å²) < 4.78 is 0. The number of aromatic carboxylic acids is 1. The number of aromatic nitrogens is 2. The maximum atomic E-state index is 11.4. The Balaban J connectivity index is 1.81. The van der Waals surface area contributed by atoms with Gasteiger partial charge in [0.05, 0.1) is 10.7 Å². The van der Waals surface area contributed by atoms with E-state index in [-0.39, 0.29) is 0 Å². The predicted molar refractivity (Wildman–Crippen MR) is 81.7 cm³/mol. The molecule has 1 saturated heterocycles. The van der Waals surface area contributed by atoms with E-state index in [2.05, 4.69) is 14.9 Å². The maximum Gasteiger partial charge on any atom is 0.348 e. The highest BCUT2D eigenvalue weighted by atomic mass is 32.1. The molecular weight excluding hydrogens is 286 g/mol. The molecule has 6 heteroatoms. The van der Waals surface area contributed by atoms with Crippen LogP contribution in [0, 0.1) is 0 Å². The normalized spacial score (nSPS) is 15.4. The predicted octanol–water partition coefficient (Wildman–Crippen LogP) is 2.54. The molecule has 21 heavy (non-hydrogen) atoms. The third-order valence-corrected chi connectivity index (χ3v) is 4.74. The van der Waals surface area contributed by atoms with Crippen molar-refractivity contribution in [2.45, 2.75) is 19.3 Å². The van der Waals surface area contributed by atoms with Gasteiger partial charge < -0.3 is 10.0 Å². The van der Waals surface area contributed by atoms with Crippen LogP contribution in [0.15, 0.2) is 24.5 Å². The van der Waals surface area contributed by atoms with Gasteiger partial charge in [0.25, 0.3) is 0 Å². The Morgan fingerprint density at radius 3 is 2.86 bits per heavy atom. The van der Waals surface area contributed by atoms with Crippen molar-refractivity contribution in [1.82, 2.24) is 14.9 Å². The van der Waals surface area contributed by atoms with Crippen LogP contribution in [0.3, 0.4) is 0 Å². The lowest BCUT2D eigenvalue weighted by Gasteiger charge is -2.12. The van der Waals surface area contributed by atoms with Gasteiger partial charge in [0.1, 0.15) is 4.88 Å². The van der Waals surface area contributed by atoms with Crippen molar-refractivity contribution in [3.05, 3.63) is 34.4 Å². The zero-order valence-electron chi connectivity index (χ0n) is 11.7. The van der Waals surface area contributed by atoms with Crippen molar-refractivity contribution in [3.8, 4) is 11.3 Å². The molecule has 0 radical (unpaired) electrons. The lowest BCUT2D eigenvalue weighted by atomic mass is 10.2. The number of rotatable bonds is 5. The molecule has 0 spiro atoms. The largest absolute Gasteiger partial charge is 0.477 e. The Kier molecular flexibility index (Phi) is 4.26. The van der Waals surface area contributed by atoms with E-state index in [1.807, 2.05) is 6.07 Å². The van der Waals surface area contributed by atoms with Crippen LogP contribution < -0.4 is 0 Å². The molecule has 0 aromatic carbocycles. The summed E-state index contributed by atoms with van der Waals surface area (Å²) in [4.78, 5) is 22.7. The highest BCUT2D eigenvalue weighted by Crippen LogP contribution is 2.28. The van der Waals surface area contributed by atoms with E-state index >= 15 is 0 Å². The summed E-state index contributed by atoms with van der Waals surface area (Å²) in [5, 5.41) is 10.2. The molecule has 2 aromatic rings. The quantitative estimate of drug-likeness (QED) is 0.919. The second kappa shape index (κ2) is 6.32. The molecule has 0 atom stereocenters. The topological polar surface area (TPSA) is 66.3 Å². The number of hydrogen-bond acceptors (Lipinski definition) is 5. The lowest BCUT2D eigenvalue weighted by Crippen LogP contribution is -2.21. The zero-order chi connectivity index (χ0) is 14.7. The average molecular weight is 303 g/mol. The van der Waals surface area contributed by atoms with E-state index < -0.39 is 5.97 Å². The first-order valence-corrected chi connectivity index (χ1v) is 7.91. The smallest absolute Gasteiger partial charge is 0.348 e. The van der Waals surface area contributed by atoms with Crippen LogP contribution in [-0.2, 0) is 6.42 Å². The first-order chi connectivity index (χ1) is 10.2. The van der Waals surface area contributed by atoms with Crippen LogP contribution in [0.2, 0.25) is 0 Å². The highest BCUT2D eigenvalue weighted by molar-refractivity contribution is 7.14. The summed E-state index contributed by atoms with van der Waals surface area (Å²) in [6, 6.07) is 3.64. The van der Waals surface area contributed by atoms with Gasteiger partial charge in [-0.3, -0.25) is 4.98 Å². The van der Waals surface area contributed by atoms with E-state index in [1.165, 1.54) is 24.2 Å². The van der Waals surface area contributed by atoms with Crippen LogP contribution in [0.4, 0.5) is 0 Å².